The van der Waals surface area contributed by atoms with Crippen LogP contribution in [0.3, 0.4) is 0 Å². The van der Waals surface area contributed by atoms with Gasteiger partial charge in [0, 0.05) is 49.1 Å². The van der Waals surface area contributed by atoms with E-state index in [1.165, 1.54) is 6.20 Å². The van der Waals surface area contributed by atoms with Gasteiger partial charge in [0.25, 0.3) is 5.89 Å². The average molecular weight is 485 g/mol. The molecule has 5 heterocycles. The number of hydrogen-bond acceptors (Lipinski definition) is 9. The van der Waals surface area contributed by atoms with Crippen LogP contribution in [0.25, 0.3) is 16.6 Å². The first-order valence-corrected chi connectivity index (χ1v) is 11.4. The first kappa shape index (κ1) is 23.0. The van der Waals surface area contributed by atoms with Gasteiger partial charge in [0.1, 0.15) is 17.6 Å². The first-order chi connectivity index (χ1) is 17.4. The van der Waals surface area contributed by atoms with E-state index in [2.05, 4.69) is 37.8 Å². The number of nitriles is 1. The third-order valence-corrected chi connectivity index (χ3v) is 5.95. The number of piperazine rings is 1. The van der Waals surface area contributed by atoms with Gasteiger partial charge < -0.3 is 19.1 Å². The summed E-state index contributed by atoms with van der Waals surface area (Å²) in [5.74, 6) is 2.25. The topological polar surface area (TPSA) is 126 Å². The van der Waals surface area contributed by atoms with Gasteiger partial charge in [-0.05, 0) is 32.0 Å². The monoisotopic (exact) mass is 484 g/mol. The van der Waals surface area contributed by atoms with Crippen LogP contribution in [0, 0.1) is 18.3 Å². The Morgan fingerprint density at radius 3 is 2.69 bits per heavy atom. The molecule has 0 aromatic carbocycles. The zero-order chi connectivity index (χ0) is 25.2. The lowest BCUT2D eigenvalue weighted by Crippen LogP contribution is -2.49. The Labute approximate surface area is 207 Å². The van der Waals surface area contributed by atoms with Crippen molar-refractivity contribution in [2.75, 3.05) is 31.1 Å². The van der Waals surface area contributed by atoms with Crippen LogP contribution in [-0.4, -0.2) is 61.7 Å². The lowest BCUT2D eigenvalue weighted by molar-refractivity contribution is -0.127. The van der Waals surface area contributed by atoms with Gasteiger partial charge in [-0.2, -0.15) is 15.3 Å². The number of hydrogen-bond donors (Lipinski definition) is 0. The van der Waals surface area contributed by atoms with Crippen LogP contribution in [0.4, 0.5) is 5.82 Å². The second-order valence-corrected chi connectivity index (χ2v) is 8.54. The van der Waals surface area contributed by atoms with E-state index in [0.29, 0.717) is 60.3 Å². The Morgan fingerprint density at radius 1 is 1.25 bits per heavy atom. The fourth-order valence-corrected chi connectivity index (χ4v) is 4.16. The van der Waals surface area contributed by atoms with Crippen molar-refractivity contribution in [2.45, 2.75) is 20.5 Å². The summed E-state index contributed by atoms with van der Waals surface area (Å²) in [7, 11) is 0. The van der Waals surface area contributed by atoms with Crippen molar-refractivity contribution in [2.24, 2.45) is 0 Å². The van der Waals surface area contributed by atoms with E-state index in [1.807, 2.05) is 23.1 Å². The maximum absolute atomic E-state index is 12.2. The molecule has 1 aliphatic rings. The maximum atomic E-state index is 12.2. The van der Waals surface area contributed by atoms with Crippen LogP contribution in [-0.2, 0) is 11.4 Å². The van der Waals surface area contributed by atoms with Gasteiger partial charge in [-0.15, -0.1) is 0 Å². The highest BCUT2D eigenvalue weighted by Crippen LogP contribution is 2.31. The van der Waals surface area contributed by atoms with Crippen molar-refractivity contribution >= 4 is 17.2 Å². The minimum absolute atomic E-state index is 0.00703. The predicted molar refractivity (Wildman–Crippen MR) is 130 cm³/mol. The van der Waals surface area contributed by atoms with Gasteiger partial charge in [0.15, 0.2) is 12.4 Å². The minimum atomic E-state index is -0.00703. The maximum Gasteiger partial charge on any atom is 0.264 e. The number of nitrogens with zero attached hydrogens (tertiary/aromatic N) is 8. The molecule has 4 aromatic rings. The third-order valence-electron chi connectivity index (χ3n) is 5.95. The average Bonchev–Trinajstić information content (AvgIpc) is 3.52. The van der Waals surface area contributed by atoms with E-state index < -0.39 is 0 Å². The number of aromatic nitrogens is 5. The van der Waals surface area contributed by atoms with Crippen molar-refractivity contribution < 1.29 is 14.1 Å². The summed E-state index contributed by atoms with van der Waals surface area (Å²) >= 11 is 0. The van der Waals surface area contributed by atoms with E-state index in [4.69, 9.17) is 9.26 Å². The van der Waals surface area contributed by atoms with Gasteiger partial charge in [-0.25, -0.2) is 9.50 Å². The smallest absolute Gasteiger partial charge is 0.264 e. The van der Waals surface area contributed by atoms with Crippen LogP contribution in [0.15, 0.2) is 53.5 Å². The summed E-state index contributed by atoms with van der Waals surface area (Å²) in [5.41, 5.74) is 3.24. The van der Waals surface area contributed by atoms with Gasteiger partial charge in [0.2, 0.25) is 5.91 Å². The van der Waals surface area contributed by atoms with Crippen LogP contribution in [0.5, 0.6) is 5.75 Å². The van der Waals surface area contributed by atoms with E-state index in [1.54, 1.807) is 30.8 Å². The molecule has 4 aromatic heterocycles. The molecule has 1 amide bonds. The lowest BCUT2D eigenvalue weighted by atomic mass is 10.1. The largest absolute Gasteiger partial charge is 0.482 e. The molecule has 1 aliphatic heterocycles. The van der Waals surface area contributed by atoms with Crippen LogP contribution in [0.1, 0.15) is 24.2 Å². The highest BCUT2D eigenvalue weighted by molar-refractivity contribution is 5.92. The number of aryl methyl sites for hydroxylation is 1. The quantitative estimate of drug-likeness (QED) is 0.380. The molecule has 0 radical (unpaired) electrons. The molecule has 36 heavy (non-hydrogen) atoms. The molecule has 0 N–H and O–H groups in total. The van der Waals surface area contributed by atoms with Crippen molar-refractivity contribution in [3.05, 3.63) is 66.2 Å². The van der Waals surface area contributed by atoms with Crippen molar-refractivity contribution in [3.63, 3.8) is 0 Å². The van der Waals surface area contributed by atoms with Crippen molar-refractivity contribution in [1.29, 1.82) is 5.26 Å². The third kappa shape index (κ3) is 4.48. The van der Waals surface area contributed by atoms with Crippen LogP contribution in [0.2, 0.25) is 0 Å². The molecule has 1 saturated heterocycles. The number of fused-ring (bicyclic) bond motifs is 1. The molecule has 1 fully saturated rings. The normalized spacial score (nSPS) is 13.6. The molecule has 0 aliphatic carbocycles. The van der Waals surface area contributed by atoms with Gasteiger partial charge in [0.05, 0.1) is 23.5 Å². The minimum Gasteiger partial charge on any atom is -0.482 e. The Morgan fingerprint density at radius 2 is 2.06 bits per heavy atom. The van der Waals surface area contributed by atoms with Gasteiger partial charge in [-0.3, -0.25) is 4.79 Å². The van der Waals surface area contributed by atoms with Crippen molar-refractivity contribution in [3.8, 4) is 22.9 Å². The number of pyridine rings is 2. The molecule has 0 saturated carbocycles. The van der Waals surface area contributed by atoms with E-state index in [-0.39, 0.29) is 12.5 Å². The number of rotatable bonds is 6. The molecular weight excluding hydrogens is 460 g/mol. The van der Waals surface area contributed by atoms with E-state index in [9.17, 15) is 10.1 Å². The van der Waals surface area contributed by atoms with Gasteiger partial charge >= 0.3 is 0 Å². The molecule has 182 valence electrons. The zero-order valence-corrected chi connectivity index (χ0v) is 20.0. The molecule has 0 spiro atoms. The summed E-state index contributed by atoms with van der Waals surface area (Å²) in [4.78, 5) is 25.0. The summed E-state index contributed by atoms with van der Waals surface area (Å²) in [6.45, 7) is 9.95. The Balaban J connectivity index is 1.39. The molecule has 11 heteroatoms. The zero-order valence-electron chi connectivity index (χ0n) is 20.0. The SMILES string of the molecule is C=C(C)C(=O)N1CCN(c2ccc(-c3cc(OCc4nc(C)no4)cn4ncc(C#N)c34)cn2)CC1. The Hall–Kier alpha value is -4.72. The number of carbonyl (C=O) groups excluding carboxylic acids is 1. The molecular formula is C25H24N8O3. The number of ether oxygens (including phenoxy) is 1. The summed E-state index contributed by atoms with van der Waals surface area (Å²) in [6, 6.07) is 7.95. The van der Waals surface area contributed by atoms with Crippen molar-refractivity contribution in [1.82, 2.24) is 29.6 Å². The fourth-order valence-electron chi connectivity index (χ4n) is 4.16. The lowest BCUT2D eigenvalue weighted by Gasteiger charge is -2.35. The molecule has 5 rings (SSSR count). The van der Waals surface area contributed by atoms with Crippen LogP contribution >= 0.6 is 0 Å². The molecule has 0 atom stereocenters. The predicted octanol–water partition coefficient (Wildman–Crippen LogP) is 2.76. The number of carbonyl (C=O) groups is 1. The number of amides is 1. The first-order valence-electron chi connectivity index (χ1n) is 11.4. The molecule has 0 unspecified atom stereocenters. The summed E-state index contributed by atoms with van der Waals surface area (Å²) in [6.07, 6.45) is 5.00. The number of anilines is 1. The Bertz CT molecular complexity index is 1470. The highest BCUT2D eigenvalue weighted by Gasteiger charge is 2.22. The molecule has 0 bridgehead atoms. The second-order valence-electron chi connectivity index (χ2n) is 8.54. The highest BCUT2D eigenvalue weighted by atomic mass is 16.5. The second kappa shape index (κ2) is 9.50. The Kier molecular flexibility index (Phi) is 6.08. The van der Waals surface area contributed by atoms with E-state index in [0.717, 1.165) is 16.9 Å². The van der Waals surface area contributed by atoms with Crippen LogP contribution < -0.4 is 9.64 Å². The fraction of sp³-hybridized carbons (Fsp3) is 0.280. The standard InChI is InChI=1S/C25H24N8O3/c1-16(2)25(34)32-8-6-31(7-9-32)22-5-4-18(12-27-22)21-10-20(35-15-23-29-17(3)30-36-23)14-33-24(21)19(11-26)13-28-33/h4-5,10,12-14H,1,6-9,15H2,2-3H3. The van der Waals surface area contributed by atoms with Gasteiger partial charge in [-0.1, -0.05) is 11.7 Å². The van der Waals surface area contributed by atoms with E-state index >= 15 is 0 Å². The summed E-state index contributed by atoms with van der Waals surface area (Å²) in [5, 5.41) is 17.7. The molecule has 11 nitrogen and oxygen atoms in total. The summed E-state index contributed by atoms with van der Waals surface area (Å²) < 4.78 is 12.6.